The first-order chi connectivity index (χ1) is 8.81. The molecule has 0 saturated carbocycles. The van der Waals surface area contributed by atoms with Crippen molar-refractivity contribution in [1.29, 1.82) is 0 Å². The number of rotatable bonds is 3. The SMILES string of the molecule is O=C(NO)c1ccccc1N=Cc1ccccn1. The average Bonchev–Trinajstić information content (AvgIpc) is 2.45. The van der Waals surface area contributed by atoms with Gasteiger partial charge < -0.3 is 0 Å². The molecule has 2 aromatic rings. The van der Waals surface area contributed by atoms with E-state index in [1.54, 1.807) is 48.2 Å². The van der Waals surface area contributed by atoms with E-state index >= 15 is 0 Å². The molecule has 0 atom stereocenters. The summed E-state index contributed by atoms with van der Waals surface area (Å²) in [6.45, 7) is 0. The molecule has 0 radical (unpaired) electrons. The Morgan fingerprint density at radius 1 is 1.22 bits per heavy atom. The molecular formula is C13H11N3O2. The zero-order valence-corrected chi connectivity index (χ0v) is 9.45. The van der Waals surface area contributed by atoms with Crippen LogP contribution < -0.4 is 5.48 Å². The molecule has 5 nitrogen and oxygen atoms in total. The Hall–Kier alpha value is -2.53. The molecular weight excluding hydrogens is 230 g/mol. The minimum absolute atomic E-state index is 0.298. The van der Waals surface area contributed by atoms with Gasteiger partial charge in [0.1, 0.15) is 0 Å². The van der Waals surface area contributed by atoms with E-state index in [0.717, 1.165) is 0 Å². The number of aromatic nitrogens is 1. The molecule has 0 aliphatic heterocycles. The summed E-state index contributed by atoms with van der Waals surface area (Å²) in [7, 11) is 0. The third-order valence-electron chi connectivity index (χ3n) is 2.27. The van der Waals surface area contributed by atoms with Crippen LogP contribution in [0, 0.1) is 0 Å². The van der Waals surface area contributed by atoms with Gasteiger partial charge >= 0.3 is 0 Å². The molecule has 18 heavy (non-hydrogen) atoms. The number of benzene rings is 1. The first kappa shape index (κ1) is 11.9. The van der Waals surface area contributed by atoms with Crippen LogP contribution in [0.3, 0.4) is 0 Å². The molecule has 90 valence electrons. The molecule has 1 aromatic heterocycles. The lowest BCUT2D eigenvalue weighted by atomic mass is 10.2. The minimum atomic E-state index is -0.594. The minimum Gasteiger partial charge on any atom is -0.288 e. The van der Waals surface area contributed by atoms with Crippen LogP contribution in [0.4, 0.5) is 5.69 Å². The third-order valence-corrected chi connectivity index (χ3v) is 2.27. The van der Waals surface area contributed by atoms with Gasteiger partial charge in [-0.05, 0) is 24.3 Å². The van der Waals surface area contributed by atoms with Crippen molar-refractivity contribution in [3.8, 4) is 0 Å². The summed E-state index contributed by atoms with van der Waals surface area (Å²) < 4.78 is 0. The zero-order valence-electron chi connectivity index (χ0n) is 9.45. The molecule has 0 saturated heterocycles. The summed E-state index contributed by atoms with van der Waals surface area (Å²) in [5, 5.41) is 8.63. The molecule has 0 unspecified atom stereocenters. The van der Waals surface area contributed by atoms with Gasteiger partial charge in [-0.2, -0.15) is 0 Å². The number of hydrogen-bond acceptors (Lipinski definition) is 4. The van der Waals surface area contributed by atoms with E-state index < -0.39 is 5.91 Å². The number of pyridine rings is 1. The number of hydrogen-bond donors (Lipinski definition) is 2. The van der Waals surface area contributed by atoms with Gasteiger partial charge in [-0.25, -0.2) is 5.48 Å². The fourth-order valence-corrected chi connectivity index (χ4v) is 1.43. The molecule has 0 spiro atoms. The smallest absolute Gasteiger partial charge is 0.276 e. The van der Waals surface area contributed by atoms with E-state index in [0.29, 0.717) is 16.9 Å². The van der Waals surface area contributed by atoms with Crippen molar-refractivity contribution in [3.05, 3.63) is 59.9 Å². The maximum atomic E-state index is 11.4. The van der Waals surface area contributed by atoms with Crippen LogP contribution in [-0.2, 0) is 0 Å². The Labute approximate surface area is 104 Å². The van der Waals surface area contributed by atoms with E-state index in [-0.39, 0.29) is 0 Å². The lowest BCUT2D eigenvalue weighted by molar-refractivity contribution is 0.0707. The van der Waals surface area contributed by atoms with Crippen LogP contribution in [-0.4, -0.2) is 22.3 Å². The molecule has 1 heterocycles. The van der Waals surface area contributed by atoms with Crippen molar-refractivity contribution in [1.82, 2.24) is 10.5 Å². The van der Waals surface area contributed by atoms with Gasteiger partial charge in [-0.15, -0.1) is 0 Å². The second-order valence-corrected chi connectivity index (χ2v) is 3.47. The lowest BCUT2D eigenvalue weighted by Gasteiger charge is -2.02. The third kappa shape index (κ3) is 2.78. The van der Waals surface area contributed by atoms with Crippen LogP contribution >= 0.6 is 0 Å². The highest BCUT2D eigenvalue weighted by Gasteiger charge is 2.08. The predicted octanol–water partition coefficient (Wildman–Crippen LogP) is 1.95. The van der Waals surface area contributed by atoms with Crippen molar-refractivity contribution in [3.63, 3.8) is 0 Å². The number of hydroxylamine groups is 1. The molecule has 0 aliphatic carbocycles. The van der Waals surface area contributed by atoms with Crippen molar-refractivity contribution < 1.29 is 10.0 Å². The molecule has 5 heteroatoms. The van der Waals surface area contributed by atoms with Crippen LogP contribution in [0.1, 0.15) is 16.1 Å². The summed E-state index contributed by atoms with van der Waals surface area (Å²) in [4.78, 5) is 19.7. The van der Waals surface area contributed by atoms with Gasteiger partial charge in [-0.3, -0.25) is 20.0 Å². The Bertz CT molecular complexity index is 567. The molecule has 0 fully saturated rings. The first-order valence-electron chi connectivity index (χ1n) is 5.30. The number of amides is 1. The number of para-hydroxylation sites is 1. The fraction of sp³-hybridized carbons (Fsp3) is 0. The number of nitrogens with one attached hydrogen (secondary N) is 1. The maximum Gasteiger partial charge on any atom is 0.276 e. The molecule has 2 rings (SSSR count). The number of carbonyl (C=O) groups excluding carboxylic acids is 1. The largest absolute Gasteiger partial charge is 0.288 e. The van der Waals surface area contributed by atoms with E-state index in [9.17, 15) is 4.79 Å². The highest BCUT2D eigenvalue weighted by molar-refractivity contribution is 5.99. The fourth-order valence-electron chi connectivity index (χ4n) is 1.43. The molecule has 0 bridgehead atoms. The number of nitrogens with zero attached hydrogens (tertiary/aromatic N) is 2. The van der Waals surface area contributed by atoms with Gasteiger partial charge in [0, 0.05) is 6.20 Å². The van der Waals surface area contributed by atoms with Gasteiger partial charge in [0.05, 0.1) is 23.2 Å². The monoisotopic (exact) mass is 241 g/mol. The Morgan fingerprint density at radius 2 is 2.00 bits per heavy atom. The highest BCUT2D eigenvalue weighted by atomic mass is 16.5. The van der Waals surface area contributed by atoms with Gasteiger partial charge in [0.25, 0.3) is 5.91 Å². The summed E-state index contributed by atoms with van der Waals surface area (Å²) in [5.41, 5.74) is 3.05. The van der Waals surface area contributed by atoms with Gasteiger partial charge in [-0.1, -0.05) is 18.2 Å². The topological polar surface area (TPSA) is 74.6 Å². The first-order valence-corrected chi connectivity index (χ1v) is 5.30. The van der Waals surface area contributed by atoms with Gasteiger partial charge in [0.2, 0.25) is 0 Å². The standard InChI is InChI=1S/C13H11N3O2/c17-13(16-18)11-6-1-2-7-12(11)15-9-10-5-3-4-8-14-10/h1-9,18H,(H,16,17). The van der Waals surface area contributed by atoms with Crippen molar-refractivity contribution >= 4 is 17.8 Å². The van der Waals surface area contributed by atoms with Crippen LogP contribution in [0.5, 0.6) is 0 Å². The van der Waals surface area contributed by atoms with E-state index in [1.165, 1.54) is 0 Å². The summed E-state index contributed by atoms with van der Waals surface area (Å²) in [6, 6.07) is 12.2. The molecule has 0 aliphatic rings. The van der Waals surface area contributed by atoms with Crippen molar-refractivity contribution in [2.75, 3.05) is 0 Å². The second-order valence-electron chi connectivity index (χ2n) is 3.47. The lowest BCUT2D eigenvalue weighted by Crippen LogP contribution is -2.18. The molecule has 1 aromatic carbocycles. The second kappa shape index (κ2) is 5.70. The summed E-state index contributed by atoms with van der Waals surface area (Å²) in [6.07, 6.45) is 3.22. The zero-order chi connectivity index (χ0) is 12.8. The Balaban J connectivity index is 2.29. The van der Waals surface area contributed by atoms with Crippen molar-refractivity contribution in [2.24, 2.45) is 4.99 Å². The van der Waals surface area contributed by atoms with E-state index in [2.05, 4.69) is 9.98 Å². The van der Waals surface area contributed by atoms with Crippen LogP contribution in [0.2, 0.25) is 0 Å². The Kier molecular flexibility index (Phi) is 3.78. The van der Waals surface area contributed by atoms with E-state index in [1.807, 2.05) is 12.1 Å². The summed E-state index contributed by atoms with van der Waals surface area (Å²) >= 11 is 0. The van der Waals surface area contributed by atoms with E-state index in [4.69, 9.17) is 5.21 Å². The molecule has 2 N–H and O–H groups in total. The van der Waals surface area contributed by atoms with Gasteiger partial charge in [0.15, 0.2) is 0 Å². The van der Waals surface area contributed by atoms with Crippen LogP contribution in [0.15, 0.2) is 53.7 Å². The highest BCUT2D eigenvalue weighted by Crippen LogP contribution is 2.18. The Morgan fingerprint density at radius 3 is 2.72 bits per heavy atom. The average molecular weight is 241 g/mol. The molecule has 1 amide bonds. The summed E-state index contributed by atoms with van der Waals surface area (Å²) in [5.74, 6) is -0.594. The predicted molar refractivity (Wildman–Crippen MR) is 67.2 cm³/mol. The quantitative estimate of drug-likeness (QED) is 0.490. The van der Waals surface area contributed by atoms with Crippen LogP contribution in [0.25, 0.3) is 0 Å². The number of aliphatic imine (C=N–C) groups is 1. The van der Waals surface area contributed by atoms with Crippen molar-refractivity contribution in [2.45, 2.75) is 0 Å². The number of carbonyl (C=O) groups is 1. The normalized spacial score (nSPS) is 10.5. The maximum absolute atomic E-state index is 11.4.